The topological polar surface area (TPSA) is 98.5 Å². The van der Waals surface area contributed by atoms with Crippen molar-refractivity contribution >= 4 is 23.3 Å². The molecule has 1 aromatic carbocycles. The molecule has 0 fully saturated rings. The second-order valence-corrected chi connectivity index (χ2v) is 4.77. The lowest BCUT2D eigenvalue weighted by Gasteiger charge is -2.10. The third-order valence-electron chi connectivity index (χ3n) is 2.90. The molecule has 0 aromatic heterocycles. The van der Waals surface area contributed by atoms with Gasteiger partial charge in [-0.2, -0.15) is 0 Å². The summed E-state index contributed by atoms with van der Waals surface area (Å²) < 4.78 is 18.3. The first-order chi connectivity index (χ1) is 10.3. The van der Waals surface area contributed by atoms with Crippen molar-refractivity contribution in [1.29, 1.82) is 0 Å². The molecule has 22 heavy (non-hydrogen) atoms. The van der Waals surface area contributed by atoms with E-state index >= 15 is 0 Å². The molecular formula is C14H17FN2O5. The maximum absolute atomic E-state index is 13.5. The number of non-ortho nitro benzene ring substituents is 1. The first kappa shape index (κ1) is 17.5. The molecule has 120 valence electrons. The van der Waals surface area contributed by atoms with Gasteiger partial charge in [-0.1, -0.05) is 20.3 Å². The number of nitrogens with one attached hydrogen (secondary N) is 1. The van der Waals surface area contributed by atoms with E-state index in [0.717, 1.165) is 24.6 Å². The maximum Gasteiger partial charge on any atom is 0.309 e. The summed E-state index contributed by atoms with van der Waals surface area (Å²) in [4.78, 5) is 33.0. The molecule has 0 radical (unpaired) electrons. The fraction of sp³-hybridized carbons (Fsp3) is 0.429. The Morgan fingerprint density at radius 1 is 1.45 bits per heavy atom. The second kappa shape index (κ2) is 8.06. The minimum Gasteiger partial charge on any atom is -0.455 e. The summed E-state index contributed by atoms with van der Waals surface area (Å²) in [6.45, 7) is 3.03. The summed E-state index contributed by atoms with van der Waals surface area (Å²) in [5.74, 6) is -2.43. The molecule has 0 saturated heterocycles. The van der Waals surface area contributed by atoms with Crippen LogP contribution in [0.2, 0.25) is 0 Å². The van der Waals surface area contributed by atoms with Gasteiger partial charge in [-0.25, -0.2) is 4.39 Å². The maximum atomic E-state index is 13.5. The molecule has 0 aliphatic heterocycles. The number of carbonyl (C=O) groups excluding carboxylic acids is 2. The standard InChI is InChI=1S/C14H17FN2O5/c1-3-4-9(2)14(19)22-8-13(18)16-12-7-10(17(20)21)5-6-11(12)15/h5-7,9H,3-4,8H2,1-2H3,(H,16,18)/t9-/m0/s1. The van der Waals surface area contributed by atoms with Gasteiger partial charge in [0.05, 0.1) is 16.5 Å². The van der Waals surface area contributed by atoms with Gasteiger partial charge in [-0.3, -0.25) is 19.7 Å². The summed E-state index contributed by atoms with van der Waals surface area (Å²) in [6.07, 6.45) is 1.45. The lowest BCUT2D eigenvalue weighted by atomic mass is 10.1. The van der Waals surface area contributed by atoms with Gasteiger partial charge in [0, 0.05) is 12.1 Å². The number of benzene rings is 1. The molecule has 0 aliphatic rings. The minimum atomic E-state index is -0.815. The third kappa shape index (κ3) is 5.12. The van der Waals surface area contributed by atoms with Crippen molar-refractivity contribution in [3.05, 3.63) is 34.1 Å². The van der Waals surface area contributed by atoms with Crippen LogP contribution in [0.4, 0.5) is 15.8 Å². The highest BCUT2D eigenvalue weighted by molar-refractivity contribution is 5.93. The molecule has 8 heteroatoms. The van der Waals surface area contributed by atoms with E-state index in [1.54, 1.807) is 6.92 Å². The highest BCUT2D eigenvalue weighted by atomic mass is 19.1. The number of hydrogen-bond donors (Lipinski definition) is 1. The van der Waals surface area contributed by atoms with Gasteiger partial charge in [0.15, 0.2) is 6.61 Å². The molecule has 0 spiro atoms. The van der Waals surface area contributed by atoms with Crippen molar-refractivity contribution < 1.29 is 23.6 Å². The molecule has 0 unspecified atom stereocenters. The van der Waals surface area contributed by atoms with Gasteiger partial charge < -0.3 is 10.1 Å². The van der Waals surface area contributed by atoms with Crippen molar-refractivity contribution in [2.24, 2.45) is 5.92 Å². The zero-order chi connectivity index (χ0) is 16.7. The van der Waals surface area contributed by atoms with Crippen molar-refractivity contribution in [2.75, 3.05) is 11.9 Å². The van der Waals surface area contributed by atoms with E-state index in [1.165, 1.54) is 0 Å². The van der Waals surface area contributed by atoms with Crippen molar-refractivity contribution in [3.63, 3.8) is 0 Å². The van der Waals surface area contributed by atoms with E-state index in [9.17, 15) is 24.1 Å². The SMILES string of the molecule is CCC[C@H](C)C(=O)OCC(=O)Nc1cc([N+](=O)[O-])ccc1F. The zero-order valence-corrected chi connectivity index (χ0v) is 12.3. The number of halogens is 1. The van der Waals surface area contributed by atoms with E-state index in [2.05, 4.69) is 5.32 Å². The van der Waals surface area contributed by atoms with E-state index in [0.29, 0.717) is 6.42 Å². The highest BCUT2D eigenvalue weighted by Gasteiger charge is 2.17. The second-order valence-electron chi connectivity index (χ2n) is 4.77. The number of nitro groups is 1. The lowest BCUT2D eigenvalue weighted by Crippen LogP contribution is -2.24. The van der Waals surface area contributed by atoms with Crippen LogP contribution >= 0.6 is 0 Å². The molecule has 0 bridgehead atoms. The van der Waals surface area contributed by atoms with Crippen LogP contribution < -0.4 is 5.32 Å². The molecule has 1 atom stereocenters. The molecule has 0 aliphatic carbocycles. The zero-order valence-electron chi connectivity index (χ0n) is 12.3. The summed E-state index contributed by atoms with van der Waals surface area (Å²) in [5, 5.41) is 12.7. The third-order valence-corrected chi connectivity index (χ3v) is 2.90. The van der Waals surface area contributed by atoms with Gasteiger partial charge >= 0.3 is 5.97 Å². The van der Waals surface area contributed by atoms with Crippen LogP contribution in [0.3, 0.4) is 0 Å². The number of esters is 1. The van der Waals surface area contributed by atoms with Crippen molar-refractivity contribution in [1.82, 2.24) is 0 Å². The molecule has 1 rings (SSSR count). The smallest absolute Gasteiger partial charge is 0.309 e. The van der Waals surface area contributed by atoms with Gasteiger partial charge in [0.2, 0.25) is 0 Å². The Morgan fingerprint density at radius 2 is 2.14 bits per heavy atom. The molecular weight excluding hydrogens is 295 g/mol. The first-order valence-corrected chi connectivity index (χ1v) is 6.75. The highest BCUT2D eigenvalue weighted by Crippen LogP contribution is 2.21. The average molecular weight is 312 g/mol. The lowest BCUT2D eigenvalue weighted by molar-refractivity contribution is -0.384. The van der Waals surface area contributed by atoms with Crippen LogP contribution in [0.1, 0.15) is 26.7 Å². The van der Waals surface area contributed by atoms with Crippen LogP contribution in [0.15, 0.2) is 18.2 Å². The van der Waals surface area contributed by atoms with Gasteiger partial charge in [-0.05, 0) is 12.5 Å². The largest absolute Gasteiger partial charge is 0.455 e. The average Bonchev–Trinajstić information content (AvgIpc) is 2.47. The quantitative estimate of drug-likeness (QED) is 0.474. The van der Waals surface area contributed by atoms with E-state index in [1.807, 2.05) is 6.92 Å². The number of ether oxygens (including phenoxy) is 1. The molecule has 1 amide bonds. The van der Waals surface area contributed by atoms with Crippen LogP contribution in [-0.2, 0) is 14.3 Å². The predicted octanol–water partition coefficient (Wildman–Crippen LogP) is 2.65. The molecule has 1 aromatic rings. The summed E-state index contributed by atoms with van der Waals surface area (Å²) in [5.41, 5.74) is -0.692. The Bertz CT molecular complexity index is 576. The number of amides is 1. The van der Waals surface area contributed by atoms with E-state index < -0.39 is 29.2 Å². The summed E-state index contributed by atoms with van der Waals surface area (Å²) >= 11 is 0. The monoisotopic (exact) mass is 312 g/mol. The minimum absolute atomic E-state index is 0.327. The molecule has 0 saturated carbocycles. The Labute approximate surface area is 126 Å². The van der Waals surface area contributed by atoms with Gasteiger partial charge in [0.1, 0.15) is 5.82 Å². The van der Waals surface area contributed by atoms with Crippen LogP contribution in [0.5, 0.6) is 0 Å². The molecule has 0 heterocycles. The Morgan fingerprint density at radius 3 is 2.73 bits per heavy atom. The Balaban J connectivity index is 2.60. The van der Waals surface area contributed by atoms with Gasteiger partial charge in [0.25, 0.3) is 11.6 Å². The van der Waals surface area contributed by atoms with Crippen LogP contribution in [-0.4, -0.2) is 23.4 Å². The Kier molecular flexibility index (Phi) is 6.43. The number of anilines is 1. The fourth-order valence-electron chi connectivity index (χ4n) is 1.74. The molecule has 1 N–H and O–H groups in total. The predicted molar refractivity (Wildman–Crippen MR) is 76.7 cm³/mol. The molecule has 7 nitrogen and oxygen atoms in total. The van der Waals surface area contributed by atoms with Gasteiger partial charge in [-0.15, -0.1) is 0 Å². The number of nitro benzene ring substituents is 1. The number of hydrogen-bond acceptors (Lipinski definition) is 5. The van der Waals surface area contributed by atoms with Crippen LogP contribution in [0.25, 0.3) is 0 Å². The van der Waals surface area contributed by atoms with Crippen LogP contribution in [0, 0.1) is 21.8 Å². The summed E-state index contributed by atoms with van der Waals surface area (Å²) in [7, 11) is 0. The fourth-order valence-corrected chi connectivity index (χ4v) is 1.74. The van der Waals surface area contributed by atoms with Crippen molar-refractivity contribution in [2.45, 2.75) is 26.7 Å². The normalized spacial score (nSPS) is 11.6. The van der Waals surface area contributed by atoms with E-state index in [4.69, 9.17) is 4.74 Å². The number of nitrogens with zero attached hydrogens (tertiary/aromatic N) is 1. The van der Waals surface area contributed by atoms with E-state index in [-0.39, 0.29) is 17.3 Å². The number of rotatable bonds is 7. The Hall–Kier alpha value is -2.51. The summed E-state index contributed by atoms with van der Waals surface area (Å²) in [6, 6.07) is 2.76. The number of carbonyl (C=O) groups is 2. The first-order valence-electron chi connectivity index (χ1n) is 6.75. The van der Waals surface area contributed by atoms with Crippen molar-refractivity contribution in [3.8, 4) is 0 Å².